The van der Waals surface area contributed by atoms with Gasteiger partial charge in [-0.25, -0.2) is 0 Å². The molecular weight excluding hydrogens is 282 g/mol. The minimum absolute atomic E-state index is 0.0237. The maximum Gasteiger partial charge on any atom is 0.138 e. The first-order valence-corrected chi connectivity index (χ1v) is 8.50. The van der Waals surface area contributed by atoms with Crippen molar-refractivity contribution in [1.82, 2.24) is 4.98 Å². The predicted octanol–water partition coefficient (Wildman–Crippen LogP) is 5.19. The van der Waals surface area contributed by atoms with Gasteiger partial charge in [-0.2, -0.15) is 0 Å². The maximum atomic E-state index is 6.68. The van der Waals surface area contributed by atoms with E-state index in [1.807, 2.05) is 20.0 Å². The van der Waals surface area contributed by atoms with Crippen molar-refractivity contribution in [3.8, 4) is 5.75 Å². The zero-order chi connectivity index (χ0) is 15.6. The molecule has 1 heterocycles. The molecule has 3 unspecified atom stereocenters. The number of nitrogens with zero attached hydrogens (tertiary/aromatic N) is 1. The molecule has 1 fully saturated rings. The second kappa shape index (κ2) is 6.56. The highest BCUT2D eigenvalue weighted by Crippen LogP contribution is 2.44. The Labute approximate surface area is 134 Å². The Balaban J connectivity index is 2.22. The Morgan fingerprint density at radius 1 is 1.29 bits per heavy atom. The van der Waals surface area contributed by atoms with Gasteiger partial charge in [0.1, 0.15) is 5.75 Å². The lowest BCUT2D eigenvalue weighted by molar-refractivity contribution is 0.205. The Bertz CT molecular complexity index is 472. The van der Waals surface area contributed by atoms with Crippen LogP contribution in [0.25, 0.3) is 0 Å². The van der Waals surface area contributed by atoms with Crippen molar-refractivity contribution < 1.29 is 4.74 Å². The molecule has 1 aromatic rings. The molecule has 0 bridgehead atoms. The minimum atomic E-state index is 0.0237. The molecule has 1 aromatic heterocycles. The lowest BCUT2D eigenvalue weighted by Crippen LogP contribution is -2.38. The summed E-state index contributed by atoms with van der Waals surface area (Å²) in [6.45, 7) is 11.0. The Hall–Kier alpha value is -0.760. The summed E-state index contributed by atoms with van der Waals surface area (Å²) in [5.74, 6) is 2.09. The summed E-state index contributed by atoms with van der Waals surface area (Å²) >= 11 is 6.68. The van der Waals surface area contributed by atoms with Crippen LogP contribution >= 0.6 is 11.6 Å². The summed E-state index contributed by atoms with van der Waals surface area (Å²) in [5, 5.41) is 0.249. The van der Waals surface area contributed by atoms with Crippen molar-refractivity contribution in [2.24, 2.45) is 11.8 Å². The van der Waals surface area contributed by atoms with Crippen LogP contribution in [0, 0.1) is 11.8 Å². The molecule has 0 N–H and O–H groups in total. The molecule has 3 atom stereocenters. The van der Waals surface area contributed by atoms with E-state index >= 15 is 0 Å². The fourth-order valence-electron chi connectivity index (χ4n) is 3.45. The summed E-state index contributed by atoms with van der Waals surface area (Å²) in [4.78, 5) is 4.37. The molecule has 0 radical (unpaired) electrons. The van der Waals surface area contributed by atoms with Crippen molar-refractivity contribution >= 4 is 11.6 Å². The van der Waals surface area contributed by atoms with E-state index in [1.165, 1.54) is 18.4 Å². The van der Waals surface area contributed by atoms with Gasteiger partial charge in [0.05, 0.1) is 12.3 Å². The smallest absolute Gasteiger partial charge is 0.138 e. The van der Waals surface area contributed by atoms with Crippen LogP contribution in [0.2, 0.25) is 0 Å². The molecule has 21 heavy (non-hydrogen) atoms. The van der Waals surface area contributed by atoms with Crippen LogP contribution in [0.15, 0.2) is 18.5 Å². The van der Waals surface area contributed by atoms with Crippen LogP contribution in [-0.2, 0) is 5.41 Å². The van der Waals surface area contributed by atoms with E-state index in [1.54, 1.807) is 6.20 Å². The summed E-state index contributed by atoms with van der Waals surface area (Å²) in [6, 6.07) is 2.13. The molecule has 0 aromatic carbocycles. The van der Waals surface area contributed by atoms with Crippen molar-refractivity contribution in [3.63, 3.8) is 0 Å². The number of hydrogen-bond donors (Lipinski definition) is 0. The molecule has 2 nitrogen and oxygen atoms in total. The quantitative estimate of drug-likeness (QED) is 0.714. The largest absolute Gasteiger partial charge is 0.489 e. The Morgan fingerprint density at radius 3 is 2.62 bits per heavy atom. The van der Waals surface area contributed by atoms with Crippen molar-refractivity contribution in [3.05, 3.63) is 24.0 Å². The van der Waals surface area contributed by atoms with Crippen molar-refractivity contribution in [2.45, 2.75) is 70.8 Å². The van der Waals surface area contributed by atoms with E-state index in [0.717, 1.165) is 18.1 Å². The molecule has 0 amide bonds. The van der Waals surface area contributed by atoms with Crippen molar-refractivity contribution in [2.75, 3.05) is 0 Å². The van der Waals surface area contributed by atoms with Gasteiger partial charge in [0.15, 0.2) is 0 Å². The van der Waals surface area contributed by atoms with Gasteiger partial charge in [-0.1, -0.05) is 27.2 Å². The number of ether oxygens (including phenoxy) is 1. The minimum Gasteiger partial charge on any atom is -0.489 e. The lowest BCUT2D eigenvalue weighted by atomic mass is 9.66. The molecule has 3 heteroatoms. The van der Waals surface area contributed by atoms with Crippen LogP contribution in [0.3, 0.4) is 0 Å². The van der Waals surface area contributed by atoms with Crippen LogP contribution < -0.4 is 4.74 Å². The van der Waals surface area contributed by atoms with Gasteiger partial charge < -0.3 is 4.74 Å². The van der Waals surface area contributed by atoms with E-state index < -0.39 is 0 Å². The first kappa shape index (κ1) is 16.6. The van der Waals surface area contributed by atoms with Gasteiger partial charge in [0, 0.05) is 11.6 Å². The zero-order valence-corrected chi connectivity index (χ0v) is 14.7. The second-order valence-corrected chi connectivity index (χ2v) is 7.90. The normalized spacial score (nSPS) is 26.9. The fourth-order valence-corrected chi connectivity index (χ4v) is 4.19. The topological polar surface area (TPSA) is 22.1 Å². The van der Waals surface area contributed by atoms with Crippen molar-refractivity contribution in [1.29, 1.82) is 0 Å². The van der Waals surface area contributed by atoms with Gasteiger partial charge in [0.25, 0.3) is 0 Å². The first-order chi connectivity index (χ1) is 9.80. The Morgan fingerprint density at radius 2 is 2.00 bits per heavy atom. The number of rotatable bonds is 4. The number of aromatic nitrogens is 1. The molecule has 1 aliphatic carbocycles. The molecule has 0 saturated heterocycles. The number of alkyl halides is 1. The van der Waals surface area contributed by atoms with Gasteiger partial charge in [0.2, 0.25) is 0 Å². The summed E-state index contributed by atoms with van der Waals surface area (Å²) in [7, 11) is 0. The van der Waals surface area contributed by atoms with Crippen LogP contribution in [-0.4, -0.2) is 16.5 Å². The SMILES string of the molecule is CC1CCC(C(C)(C)c2cncc(OC(C)C)c2)C(Cl)C1. The molecule has 1 aliphatic rings. The average Bonchev–Trinajstić information content (AvgIpc) is 2.37. The molecule has 0 aliphatic heterocycles. The van der Waals surface area contributed by atoms with Gasteiger partial charge in [-0.05, 0) is 55.6 Å². The summed E-state index contributed by atoms with van der Waals surface area (Å²) in [6.07, 6.45) is 7.51. The van der Waals surface area contributed by atoms with Gasteiger partial charge in [-0.15, -0.1) is 11.6 Å². The molecular formula is C18H28ClNO. The molecule has 2 rings (SSSR count). The van der Waals surface area contributed by atoms with Gasteiger partial charge >= 0.3 is 0 Å². The highest BCUT2D eigenvalue weighted by Gasteiger charge is 2.39. The highest BCUT2D eigenvalue weighted by molar-refractivity contribution is 6.20. The molecule has 118 valence electrons. The molecule has 1 saturated carbocycles. The van der Waals surface area contributed by atoms with E-state index in [2.05, 4.69) is 31.8 Å². The lowest BCUT2D eigenvalue weighted by Gasteiger charge is -2.42. The van der Waals surface area contributed by atoms with E-state index in [-0.39, 0.29) is 16.9 Å². The van der Waals surface area contributed by atoms with Crippen LogP contribution in [0.5, 0.6) is 5.75 Å². The third-order valence-corrected chi connectivity index (χ3v) is 5.27. The summed E-state index contributed by atoms with van der Waals surface area (Å²) in [5.41, 5.74) is 1.25. The van der Waals surface area contributed by atoms with Crippen LogP contribution in [0.1, 0.15) is 59.4 Å². The number of pyridine rings is 1. The van der Waals surface area contributed by atoms with Crippen LogP contribution in [0.4, 0.5) is 0 Å². The number of halogens is 1. The third kappa shape index (κ3) is 3.91. The van der Waals surface area contributed by atoms with E-state index in [0.29, 0.717) is 5.92 Å². The maximum absolute atomic E-state index is 6.68. The second-order valence-electron chi connectivity index (χ2n) is 7.34. The van der Waals surface area contributed by atoms with E-state index in [9.17, 15) is 0 Å². The zero-order valence-electron chi connectivity index (χ0n) is 13.9. The Kier molecular flexibility index (Phi) is 5.19. The third-order valence-electron chi connectivity index (χ3n) is 4.79. The van der Waals surface area contributed by atoms with E-state index in [4.69, 9.17) is 16.3 Å². The standard InChI is InChI=1S/C18H28ClNO/c1-12(2)21-15-9-14(10-20-11-15)18(4,5)16-7-6-13(3)8-17(16)19/h9-13,16-17H,6-8H2,1-5H3. The van der Waals surface area contributed by atoms with Gasteiger partial charge in [-0.3, -0.25) is 4.98 Å². The summed E-state index contributed by atoms with van der Waals surface area (Å²) < 4.78 is 5.79. The predicted molar refractivity (Wildman–Crippen MR) is 89.2 cm³/mol. The average molecular weight is 310 g/mol. The monoisotopic (exact) mass is 309 g/mol. The number of hydrogen-bond acceptors (Lipinski definition) is 2. The fraction of sp³-hybridized carbons (Fsp3) is 0.722. The first-order valence-electron chi connectivity index (χ1n) is 8.07. The highest BCUT2D eigenvalue weighted by atomic mass is 35.5. The molecule has 0 spiro atoms.